The fourth-order valence-corrected chi connectivity index (χ4v) is 3.40. The van der Waals surface area contributed by atoms with Crippen molar-refractivity contribution < 1.29 is 9.59 Å². The first-order chi connectivity index (χ1) is 14.4. The lowest BCUT2D eigenvalue weighted by Gasteiger charge is -2.13. The average molecular weight is 402 g/mol. The maximum Gasteiger partial charge on any atom is 0.329 e. The fraction of sp³-hybridized carbons (Fsp3) is 0.208. The van der Waals surface area contributed by atoms with Crippen LogP contribution in [-0.2, 0) is 9.59 Å². The van der Waals surface area contributed by atoms with Crippen molar-refractivity contribution in [1.29, 1.82) is 0 Å². The van der Waals surface area contributed by atoms with E-state index in [1.165, 1.54) is 5.56 Å². The minimum absolute atomic E-state index is 0.276. The standard InChI is InChI=1S/C24H26N4O2/c1-16-10-8-9-13-22(16)28-17(2)14-21(19(28)4)15-25-27-24(30)23(29)26-18(3)20-11-6-5-7-12-20/h5-15,18H,1-4H3,(H,26,29)(H,27,30)/b25-15-/t18-/m1/s1. The smallest absolute Gasteiger partial charge is 0.329 e. The van der Waals surface area contributed by atoms with Gasteiger partial charge in [-0.2, -0.15) is 5.10 Å². The molecule has 0 aliphatic rings. The summed E-state index contributed by atoms with van der Waals surface area (Å²) in [5, 5.41) is 6.64. The Morgan fingerprint density at radius 2 is 1.63 bits per heavy atom. The van der Waals surface area contributed by atoms with Gasteiger partial charge >= 0.3 is 11.8 Å². The third-order valence-electron chi connectivity index (χ3n) is 5.05. The molecule has 154 valence electrons. The van der Waals surface area contributed by atoms with Crippen LogP contribution in [0.4, 0.5) is 0 Å². The number of carbonyl (C=O) groups excluding carboxylic acids is 2. The van der Waals surface area contributed by atoms with E-state index in [4.69, 9.17) is 0 Å². The summed E-state index contributed by atoms with van der Waals surface area (Å²) in [6.45, 7) is 7.91. The molecule has 3 aromatic rings. The van der Waals surface area contributed by atoms with Gasteiger partial charge in [0.2, 0.25) is 0 Å². The topological polar surface area (TPSA) is 75.5 Å². The van der Waals surface area contributed by atoms with Crippen LogP contribution in [0.2, 0.25) is 0 Å². The third-order valence-corrected chi connectivity index (χ3v) is 5.05. The lowest BCUT2D eigenvalue weighted by molar-refractivity contribution is -0.139. The third kappa shape index (κ3) is 4.66. The van der Waals surface area contributed by atoms with Gasteiger partial charge in [0.15, 0.2) is 0 Å². The minimum atomic E-state index is -0.804. The monoisotopic (exact) mass is 402 g/mol. The molecule has 30 heavy (non-hydrogen) atoms. The first kappa shape index (κ1) is 21.0. The number of hydrogen-bond donors (Lipinski definition) is 2. The largest absolute Gasteiger partial charge is 0.341 e. The molecule has 0 fully saturated rings. The van der Waals surface area contributed by atoms with Gasteiger partial charge in [-0.05, 0) is 51.0 Å². The van der Waals surface area contributed by atoms with Crippen molar-refractivity contribution in [3.05, 3.63) is 88.7 Å². The van der Waals surface area contributed by atoms with Crippen molar-refractivity contribution in [1.82, 2.24) is 15.3 Å². The first-order valence-electron chi connectivity index (χ1n) is 9.82. The SMILES string of the molecule is Cc1ccccc1-n1c(C)cc(/C=N\NC(=O)C(=O)N[C@H](C)c2ccccc2)c1C. The maximum absolute atomic E-state index is 12.1. The summed E-state index contributed by atoms with van der Waals surface area (Å²) < 4.78 is 2.15. The highest BCUT2D eigenvalue weighted by Gasteiger charge is 2.16. The molecule has 0 bridgehead atoms. The van der Waals surface area contributed by atoms with E-state index in [-0.39, 0.29) is 6.04 Å². The Bertz CT molecular complexity index is 1080. The number of benzene rings is 2. The van der Waals surface area contributed by atoms with Crippen molar-refractivity contribution in [2.75, 3.05) is 0 Å². The second-order valence-corrected chi connectivity index (χ2v) is 7.25. The van der Waals surface area contributed by atoms with Crippen molar-refractivity contribution in [2.45, 2.75) is 33.7 Å². The van der Waals surface area contributed by atoms with Crippen molar-refractivity contribution >= 4 is 18.0 Å². The number of amides is 2. The Morgan fingerprint density at radius 3 is 2.33 bits per heavy atom. The number of hydrogen-bond acceptors (Lipinski definition) is 3. The molecule has 0 saturated carbocycles. The maximum atomic E-state index is 12.1. The van der Waals surface area contributed by atoms with E-state index >= 15 is 0 Å². The Hall–Kier alpha value is -3.67. The molecule has 0 radical (unpaired) electrons. The molecule has 1 atom stereocenters. The highest BCUT2D eigenvalue weighted by atomic mass is 16.2. The molecule has 6 heteroatoms. The predicted octanol–water partition coefficient (Wildman–Crippen LogP) is 3.73. The molecule has 2 N–H and O–H groups in total. The molecule has 3 rings (SSSR count). The summed E-state index contributed by atoms with van der Waals surface area (Å²) in [4.78, 5) is 24.2. The van der Waals surface area contributed by atoms with Crippen LogP contribution >= 0.6 is 0 Å². The van der Waals surface area contributed by atoms with Crippen LogP contribution in [0, 0.1) is 20.8 Å². The van der Waals surface area contributed by atoms with Gasteiger partial charge in [0.25, 0.3) is 0 Å². The number of carbonyl (C=O) groups is 2. The number of nitrogens with one attached hydrogen (secondary N) is 2. The van der Waals surface area contributed by atoms with Crippen LogP contribution in [0.25, 0.3) is 5.69 Å². The predicted molar refractivity (Wildman–Crippen MR) is 119 cm³/mol. The lowest BCUT2D eigenvalue weighted by Crippen LogP contribution is -2.39. The van der Waals surface area contributed by atoms with Crippen LogP contribution < -0.4 is 10.7 Å². The molecule has 2 aromatic carbocycles. The van der Waals surface area contributed by atoms with Crippen molar-refractivity contribution in [2.24, 2.45) is 5.10 Å². The zero-order chi connectivity index (χ0) is 21.7. The van der Waals surface area contributed by atoms with E-state index in [1.54, 1.807) is 6.21 Å². The van der Waals surface area contributed by atoms with Crippen LogP contribution in [-0.4, -0.2) is 22.6 Å². The number of rotatable bonds is 5. The van der Waals surface area contributed by atoms with E-state index < -0.39 is 11.8 Å². The Kier molecular flexibility index (Phi) is 6.47. The van der Waals surface area contributed by atoms with Gasteiger partial charge in [-0.3, -0.25) is 9.59 Å². The quantitative estimate of drug-likeness (QED) is 0.388. The van der Waals surface area contributed by atoms with Crippen molar-refractivity contribution in [3.63, 3.8) is 0 Å². The van der Waals surface area contributed by atoms with E-state index in [0.29, 0.717) is 0 Å². The summed E-state index contributed by atoms with van der Waals surface area (Å²) in [5.74, 6) is -1.53. The molecule has 1 aromatic heterocycles. The lowest BCUT2D eigenvalue weighted by atomic mass is 10.1. The second kappa shape index (κ2) is 9.22. The number of para-hydroxylation sites is 1. The Morgan fingerprint density at radius 1 is 0.967 bits per heavy atom. The zero-order valence-corrected chi connectivity index (χ0v) is 17.6. The number of nitrogens with zero attached hydrogens (tertiary/aromatic N) is 2. The van der Waals surface area contributed by atoms with Gasteiger partial charge in [0, 0.05) is 22.6 Å². The average Bonchev–Trinajstić information content (AvgIpc) is 3.02. The van der Waals surface area contributed by atoms with Crippen LogP contribution in [0.1, 0.15) is 41.0 Å². The normalized spacial score (nSPS) is 12.0. The molecule has 1 heterocycles. The molecule has 0 spiro atoms. The number of hydrazone groups is 1. The highest BCUT2D eigenvalue weighted by Crippen LogP contribution is 2.22. The van der Waals surface area contributed by atoms with Gasteiger partial charge in [-0.25, -0.2) is 5.43 Å². The van der Waals surface area contributed by atoms with Gasteiger partial charge in [-0.15, -0.1) is 0 Å². The van der Waals surface area contributed by atoms with Gasteiger partial charge < -0.3 is 9.88 Å². The Labute approximate surface area is 176 Å². The zero-order valence-electron chi connectivity index (χ0n) is 17.6. The summed E-state index contributed by atoms with van der Waals surface area (Å²) >= 11 is 0. The van der Waals surface area contributed by atoms with Crippen molar-refractivity contribution in [3.8, 4) is 5.69 Å². The molecule has 0 aliphatic heterocycles. The van der Waals surface area contributed by atoms with Crippen LogP contribution in [0.15, 0.2) is 65.8 Å². The van der Waals surface area contributed by atoms with Crippen LogP contribution in [0.3, 0.4) is 0 Å². The van der Waals surface area contributed by atoms with Gasteiger partial charge in [0.05, 0.1) is 12.3 Å². The van der Waals surface area contributed by atoms with E-state index in [0.717, 1.165) is 28.2 Å². The van der Waals surface area contributed by atoms with E-state index in [2.05, 4.69) is 39.5 Å². The fourth-order valence-electron chi connectivity index (χ4n) is 3.40. The van der Waals surface area contributed by atoms with Gasteiger partial charge in [0.1, 0.15) is 0 Å². The highest BCUT2D eigenvalue weighted by molar-refractivity contribution is 6.35. The molecular weight excluding hydrogens is 376 g/mol. The molecule has 0 unspecified atom stereocenters. The van der Waals surface area contributed by atoms with Crippen LogP contribution in [0.5, 0.6) is 0 Å². The number of aryl methyl sites for hydroxylation is 2. The first-order valence-corrected chi connectivity index (χ1v) is 9.82. The molecule has 2 amide bonds. The number of aromatic nitrogens is 1. The summed E-state index contributed by atoms with van der Waals surface area (Å²) in [6, 6.07) is 19.3. The molecule has 0 saturated heterocycles. The van der Waals surface area contributed by atoms with E-state index in [1.807, 2.05) is 69.3 Å². The van der Waals surface area contributed by atoms with E-state index in [9.17, 15) is 9.59 Å². The second-order valence-electron chi connectivity index (χ2n) is 7.25. The molecule has 6 nitrogen and oxygen atoms in total. The summed E-state index contributed by atoms with van der Waals surface area (Å²) in [6.07, 6.45) is 1.56. The molecule has 0 aliphatic carbocycles. The summed E-state index contributed by atoms with van der Waals surface area (Å²) in [7, 11) is 0. The Balaban J connectivity index is 1.65. The minimum Gasteiger partial charge on any atom is -0.341 e. The van der Waals surface area contributed by atoms with Gasteiger partial charge in [-0.1, -0.05) is 48.5 Å². The molecular formula is C24H26N4O2. The summed E-state index contributed by atoms with van der Waals surface area (Å²) in [5.41, 5.74) is 8.43.